The van der Waals surface area contributed by atoms with E-state index >= 15 is 0 Å². The van der Waals surface area contributed by atoms with E-state index < -0.39 is 7.14 Å². The van der Waals surface area contributed by atoms with Gasteiger partial charge in [-0.25, -0.2) is 0 Å². The number of benzene rings is 1. The third-order valence-electron chi connectivity index (χ3n) is 3.29. The molecule has 0 unspecified atom stereocenters. The summed E-state index contributed by atoms with van der Waals surface area (Å²) in [5.74, 6) is 0. The second kappa shape index (κ2) is 3.24. The van der Waals surface area contributed by atoms with Crippen LogP contribution in [0.4, 0.5) is 0 Å². The maximum atomic E-state index is 12.0. The first-order valence-corrected chi connectivity index (χ1v) is 7.65. The fourth-order valence-electron chi connectivity index (χ4n) is 2.46. The van der Waals surface area contributed by atoms with Gasteiger partial charge in [0.05, 0.1) is 7.14 Å². The Balaban J connectivity index is 2.32. The summed E-state index contributed by atoms with van der Waals surface area (Å²) in [7, 11) is -1.83. The summed E-state index contributed by atoms with van der Waals surface area (Å²) in [6.45, 7) is 4.19. The Bertz CT molecular complexity index is 371. The minimum atomic E-state index is -1.83. The van der Waals surface area contributed by atoms with E-state index in [0.717, 1.165) is 18.7 Å². The molecule has 76 valence electrons. The predicted molar refractivity (Wildman–Crippen MR) is 61.7 cm³/mol. The van der Waals surface area contributed by atoms with E-state index in [0.29, 0.717) is 0 Å². The Morgan fingerprint density at radius 2 is 1.93 bits per heavy atom. The summed E-state index contributed by atoms with van der Waals surface area (Å²) in [6.07, 6.45) is 2.87. The van der Waals surface area contributed by atoms with E-state index in [9.17, 15) is 4.57 Å². The maximum Gasteiger partial charge on any atom is 0.0857 e. The van der Waals surface area contributed by atoms with Crippen molar-refractivity contribution in [1.29, 1.82) is 0 Å². The molecule has 1 aliphatic rings. The Hall–Kier alpha value is -0.550. The van der Waals surface area contributed by atoms with E-state index in [-0.39, 0.29) is 5.41 Å². The summed E-state index contributed by atoms with van der Waals surface area (Å²) in [5, 5.41) is 0. The van der Waals surface area contributed by atoms with E-state index in [4.69, 9.17) is 0 Å². The molecule has 0 N–H and O–H groups in total. The molecule has 2 heteroatoms. The Morgan fingerprint density at radius 3 is 2.43 bits per heavy atom. The Morgan fingerprint density at radius 1 is 1.29 bits per heavy atom. The van der Waals surface area contributed by atoms with Gasteiger partial charge in [0.2, 0.25) is 0 Å². The van der Waals surface area contributed by atoms with Crippen LogP contribution in [0.3, 0.4) is 0 Å². The molecule has 1 aromatic rings. The standard InChI is InChI=1S/C12H17OP/c1-12(8-9-14(2,13)10-12)11-6-4-3-5-7-11/h3-7H,8-10H2,1-2H3/t12-,14-/m1/s1. The highest BCUT2D eigenvalue weighted by atomic mass is 31.2. The molecular weight excluding hydrogens is 191 g/mol. The molecule has 2 atom stereocenters. The van der Waals surface area contributed by atoms with Crippen molar-refractivity contribution in [3.8, 4) is 0 Å². The number of hydrogen-bond acceptors (Lipinski definition) is 1. The average Bonchev–Trinajstić information content (AvgIpc) is 2.44. The summed E-state index contributed by atoms with van der Waals surface area (Å²) in [4.78, 5) is 0. The van der Waals surface area contributed by atoms with Crippen LogP contribution in [0.15, 0.2) is 30.3 Å². The zero-order chi connectivity index (χ0) is 10.2. The fraction of sp³-hybridized carbons (Fsp3) is 0.500. The lowest BCUT2D eigenvalue weighted by Gasteiger charge is -2.23. The van der Waals surface area contributed by atoms with Gasteiger partial charge in [0, 0.05) is 12.3 Å². The molecule has 14 heavy (non-hydrogen) atoms. The SMILES string of the molecule is C[C@@]1(c2ccccc2)CC[P@@](C)(=O)C1. The molecule has 1 nitrogen and oxygen atoms in total. The van der Waals surface area contributed by atoms with Gasteiger partial charge in [0.25, 0.3) is 0 Å². The lowest BCUT2D eigenvalue weighted by molar-refractivity contribution is 0.536. The summed E-state index contributed by atoms with van der Waals surface area (Å²) in [5.41, 5.74) is 1.51. The topological polar surface area (TPSA) is 17.1 Å². The molecule has 0 spiro atoms. The first-order valence-electron chi connectivity index (χ1n) is 5.13. The molecule has 1 heterocycles. The van der Waals surface area contributed by atoms with E-state index in [1.165, 1.54) is 5.56 Å². The highest BCUT2D eigenvalue weighted by Crippen LogP contribution is 2.56. The predicted octanol–water partition coefficient (Wildman–Crippen LogP) is 3.34. The van der Waals surface area contributed by atoms with Gasteiger partial charge < -0.3 is 4.57 Å². The molecule has 0 saturated carbocycles. The molecule has 1 aliphatic heterocycles. The van der Waals surface area contributed by atoms with Crippen LogP contribution in [-0.4, -0.2) is 19.0 Å². The van der Waals surface area contributed by atoms with Crippen molar-refractivity contribution in [3.05, 3.63) is 35.9 Å². The van der Waals surface area contributed by atoms with Crippen LogP contribution >= 0.6 is 7.14 Å². The molecule has 1 fully saturated rings. The second-order valence-corrected chi connectivity index (χ2v) is 8.21. The highest BCUT2D eigenvalue weighted by molar-refractivity contribution is 7.63. The molecular formula is C12H17OP. The maximum absolute atomic E-state index is 12.0. The van der Waals surface area contributed by atoms with Gasteiger partial charge in [-0.1, -0.05) is 37.3 Å². The fourth-order valence-corrected chi connectivity index (χ4v) is 5.40. The second-order valence-electron chi connectivity index (χ2n) is 4.86. The molecule has 1 saturated heterocycles. The Labute approximate surface area is 85.9 Å². The highest BCUT2D eigenvalue weighted by Gasteiger charge is 2.40. The van der Waals surface area contributed by atoms with Crippen LogP contribution in [0.1, 0.15) is 18.9 Å². The van der Waals surface area contributed by atoms with Gasteiger partial charge in [-0.3, -0.25) is 0 Å². The van der Waals surface area contributed by atoms with Gasteiger partial charge in [0.1, 0.15) is 0 Å². The normalized spacial score (nSPS) is 37.3. The van der Waals surface area contributed by atoms with Gasteiger partial charge >= 0.3 is 0 Å². The monoisotopic (exact) mass is 208 g/mol. The van der Waals surface area contributed by atoms with E-state index in [1.54, 1.807) is 0 Å². The van der Waals surface area contributed by atoms with Gasteiger partial charge in [-0.05, 0) is 24.1 Å². The van der Waals surface area contributed by atoms with Crippen LogP contribution in [0.2, 0.25) is 0 Å². The van der Waals surface area contributed by atoms with Crippen molar-refractivity contribution in [2.24, 2.45) is 0 Å². The molecule has 0 aliphatic carbocycles. The molecule has 0 bridgehead atoms. The molecule has 1 aromatic carbocycles. The van der Waals surface area contributed by atoms with E-state index in [1.807, 2.05) is 12.7 Å². The van der Waals surface area contributed by atoms with E-state index in [2.05, 4.69) is 31.2 Å². The summed E-state index contributed by atoms with van der Waals surface area (Å²) < 4.78 is 12.0. The first kappa shape index (κ1) is 9.98. The third-order valence-corrected chi connectivity index (χ3v) is 5.83. The van der Waals surface area contributed by atoms with Gasteiger partial charge in [-0.2, -0.15) is 0 Å². The minimum Gasteiger partial charge on any atom is -0.324 e. The molecule has 0 radical (unpaired) electrons. The zero-order valence-corrected chi connectivity index (χ0v) is 9.76. The average molecular weight is 208 g/mol. The van der Waals surface area contributed by atoms with Crippen LogP contribution in [0, 0.1) is 0 Å². The Kier molecular flexibility index (Phi) is 2.31. The van der Waals surface area contributed by atoms with Crippen molar-refractivity contribution in [2.45, 2.75) is 18.8 Å². The summed E-state index contributed by atoms with van der Waals surface area (Å²) >= 11 is 0. The number of rotatable bonds is 1. The lowest BCUT2D eigenvalue weighted by atomic mass is 9.82. The quantitative estimate of drug-likeness (QED) is 0.647. The minimum absolute atomic E-state index is 0.158. The van der Waals surface area contributed by atoms with Crippen LogP contribution < -0.4 is 0 Å². The number of hydrogen-bond donors (Lipinski definition) is 0. The van der Waals surface area contributed by atoms with Crippen LogP contribution in [0.25, 0.3) is 0 Å². The van der Waals surface area contributed by atoms with Crippen molar-refractivity contribution in [1.82, 2.24) is 0 Å². The zero-order valence-electron chi connectivity index (χ0n) is 8.86. The smallest absolute Gasteiger partial charge is 0.0857 e. The molecule has 0 amide bonds. The first-order chi connectivity index (χ1) is 6.52. The van der Waals surface area contributed by atoms with Crippen molar-refractivity contribution >= 4 is 7.14 Å². The molecule has 0 aromatic heterocycles. The summed E-state index contributed by atoms with van der Waals surface area (Å²) in [6, 6.07) is 10.5. The van der Waals surface area contributed by atoms with Crippen molar-refractivity contribution in [2.75, 3.05) is 19.0 Å². The largest absolute Gasteiger partial charge is 0.324 e. The van der Waals surface area contributed by atoms with Gasteiger partial charge in [0.15, 0.2) is 0 Å². The lowest BCUT2D eigenvalue weighted by Crippen LogP contribution is -2.20. The van der Waals surface area contributed by atoms with Crippen molar-refractivity contribution < 1.29 is 4.57 Å². The van der Waals surface area contributed by atoms with Crippen molar-refractivity contribution in [3.63, 3.8) is 0 Å². The van der Waals surface area contributed by atoms with Crippen LogP contribution in [-0.2, 0) is 9.98 Å². The van der Waals surface area contributed by atoms with Crippen LogP contribution in [0.5, 0.6) is 0 Å². The molecule has 2 rings (SSSR count). The third kappa shape index (κ3) is 1.79. The van der Waals surface area contributed by atoms with Gasteiger partial charge in [-0.15, -0.1) is 0 Å².